The molecule has 3 aromatic rings. The Bertz CT molecular complexity index is 1060. The third-order valence-corrected chi connectivity index (χ3v) is 6.18. The predicted molar refractivity (Wildman–Crippen MR) is 121 cm³/mol. The number of amides is 2. The molecule has 3 heterocycles. The topological polar surface area (TPSA) is 87.1 Å². The summed E-state index contributed by atoms with van der Waals surface area (Å²) in [6.07, 6.45) is 7.54. The first-order chi connectivity index (χ1) is 15.5. The highest BCUT2D eigenvalue weighted by Gasteiger charge is 2.29. The summed E-state index contributed by atoms with van der Waals surface area (Å²) in [4.78, 5) is 33.8. The van der Waals surface area contributed by atoms with Crippen molar-refractivity contribution in [2.45, 2.75) is 45.2 Å². The highest BCUT2D eigenvalue weighted by molar-refractivity contribution is 5.95. The Kier molecular flexibility index (Phi) is 6.68. The number of hydrogen-bond donors (Lipinski definition) is 1. The Labute approximate surface area is 188 Å². The van der Waals surface area contributed by atoms with Crippen LogP contribution < -0.4 is 0 Å². The molecule has 1 aromatic carbocycles. The van der Waals surface area contributed by atoms with Crippen molar-refractivity contribution in [3.63, 3.8) is 0 Å². The second-order valence-corrected chi connectivity index (χ2v) is 8.44. The van der Waals surface area contributed by atoms with Crippen molar-refractivity contribution < 1.29 is 9.59 Å². The van der Waals surface area contributed by atoms with Crippen LogP contribution in [-0.4, -0.2) is 61.5 Å². The van der Waals surface area contributed by atoms with Crippen molar-refractivity contribution in [3.8, 4) is 0 Å². The van der Waals surface area contributed by atoms with Crippen molar-refractivity contribution in [1.29, 1.82) is 0 Å². The number of piperidine rings is 1. The van der Waals surface area contributed by atoms with Gasteiger partial charge in [0.2, 0.25) is 5.91 Å². The molecular formula is C24H30N6O2. The zero-order chi connectivity index (χ0) is 22.5. The van der Waals surface area contributed by atoms with Gasteiger partial charge in [0.25, 0.3) is 5.91 Å². The number of H-pyrrole nitrogens is 1. The fourth-order valence-electron chi connectivity index (χ4n) is 4.37. The molecule has 8 nitrogen and oxygen atoms in total. The first kappa shape index (κ1) is 21.8. The number of imidazole rings is 1. The summed E-state index contributed by atoms with van der Waals surface area (Å²) < 4.78 is 1.99. The molecule has 32 heavy (non-hydrogen) atoms. The number of aryl methyl sites for hydroxylation is 2. The summed E-state index contributed by atoms with van der Waals surface area (Å²) in [6.45, 7) is 4.46. The van der Waals surface area contributed by atoms with Crippen LogP contribution in [0.1, 0.15) is 52.6 Å². The van der Waals surface area contributed by atoms with Crippen LogP contribution in [0.5, 0.6) is 0 Å². The Balaban J connectivity index is 1.39. The van der Waals surface area contributed by atoms with Gasteiger partial charge in [0.15, 0.2) is 0 Å². The number of nitrogens with one attached hydrogen (secondary N) is 1. The van der Waals surface area contributed by atoms with Crippen LogP contribution >= 0.6 is 0 Å². The molecule has 1 atom stereocenters. The summed E-state index contributed by atoms with van der Waals surface area (Å²) in [5.41, 5.74) is 2.51. The number of nitrogens with zero attached hydrogens (tertiary/aromatic N) is 5. The van der Waals surface area contributed by atoms with Crippen LogP contribution in [0.4, 0.5) is 0 Å². The van der Waals surface area contributed by atoms with E-state index in [0.717, 1.165) is 36.5 Å². The van der Waals surface area contributed by atoms with Gasteiger partial charge in [-0.15, -0.1) is 0 Å². The molecule has 0 radical (unpaired) electrons. The average molecular weight is 435 g/mol. The Morgan fingerprint density at radius 1 is 1.25 bits per heavy atom. The van der Waals surface area contributed by atoms with Gasteiger partial charge >= 0.3 is 0 Å². The lowest BCUT2D eigenvalue weighted by Gasteiger charge is -2.33. The van der Waals surface area contributed by atoms with Crippen molar-refractivity contribution >= 4 is 11.8 Å². The minimum Gasteiger partial charge on any atom is -0.342 e. The minimum absolute atomic E-state index is 0.0587. The van der Waals surface area contributed by atoms with E-state index in [-0.39, 0.29) is 17.7 Å². The van der Waals surface area contributed by atoms with E-state index in [1.165, 1.54) is 0 Å². The molecule has 0 unspecified atom stereocenters. The molecule has 0 bridgehead atoms. The molecule has 2 amide bonds. The molecule has 1 aliphatic heterocycles. The van der Waals surface area contributed by atoms with E-state index < -0.39 is 0 Å². The van der Waals surface area contributed by atoms with Gasteiger partial charge in [-0.25, -0.2) is 4.98 Å². The zero-order valence-corrected chi connectivity index (χ0v) is 18.7. The SMILES string of the molecule is Cc1nccn1CCC(=O)N1CCC[C@H](c2[nH]ncc2C(=O)N(C)Cc2ccccc2)C1. The third kappa shape index (κ3) is 4.90. The number of carbonyl (C=O) groups is 2. The maximum atomic E-state index is 13.1. The quantitative estimate of drug-likeness (QED) is 0.619. The fourth-order valence-corrected chi connectivity index (χ4v) is 4.37. The van der Waals surface area contributed by atoms with E-state index in [4.69, 9.17) is 0 Å². The van der Waals surface area contributed by atoms with Gasteiger partial charge in [-0.05, 0) is 25.3 Å². The Hall–Kier alpha value is -3.42. The Morgan fingerprint density at radius 3 is 2.81 bits per heavy atom. The van der Waals surface area contributed by atoms with Crippen molar-refractivity contribution in [2.24, 2.45) is 0 Å². The monoisotopic (exact) mass is 434 g/mol. The lowest BCUT2D eigenvalue weighted by molar-refractivity contribution is -0.132. The normalized spacial score (nSPS) is 16.2. The lowest BCUT2D eigenvalue weighted by atomic mass is 9.92. The highest BCUT2D eigenvalue weighted by Crippen LogP contribution is 2.29. The molecule has 0 aliphatic carbocycles. The van der Waals surface area contributed by atoms with Crippen LogP contribution in [0.2, 0.25) is 0 Å². The van der Waals surface area contributed by atoms with Gasteiger partial charge in [-0.2, -0.15) is 5.10 Å². The van der Waals surface area contributed by atoms with E-state index in [1.807, 2.05) is 52.9 Å². The van der Waals surface area contributed by atoms with Crippen LogP contribution in [0.3, 0.4) is 0 Å². The molecule has 4 rings (SSSR count). The van der Waals surface area contributed by atoms with Gasteiger partial charge in [-0.1, -0.05) is 30.3 Å². The second kappa shape index (κ2) is 9.80. The summed E-state index contributed by atoms with van der Waals surface area (Å²) >= 11 is 0. The first-order valence-corrected chi connectivity index (χ1v) is 11.1. The molecule has 8 heteroatoms. The number of benzene rings is 1. The molecule has 168 valence electrons. The summed E-state index contributed by atoms with van der Waals surface area (Å²) in [7, 11) is 1.81. The molecule has 0 spiro atoms. The number of rotatable bonds is 7. The zero-order valence-electron chi connectivity index (χ0n) is 18.7. The molecular weight excluding hydrogens is 404 g/mol. The van der Waals surface area contributed by atoms with Crippen LogP contribution in [0.25, 0.3) is 0 Å². The number of likely N-dealkylation sites (tertiary alicyclic amines) is 1. The van der Waals surface area contributed by atoms with Crippen molar-refractivity contribution in [3.05, 3.63) is 71.6 Å². The van der Waals surface area contributed by atoms with Crippen LogP contribution in [0.15, 0.2) is 48.9 Å². The van der Waals surface area contributed by atoms with E-state index in [9.17, 15) is 9.59 Å². The third-order valence-electron chi connectivity index (χ3n) is 6.18. The van der Waals surface area contributed by atoms with E-state index in [2.05, 4.69) is 15.2 Å². The van der Waals surface area contributed by atoms with Crippen LogP contribution in [-0.2, 0) is 17.9 Å². The van der Waals surface area contributed by atoms with Gasteiger partial charge in [0, 0.05) is 58.0 Å². The molecule has 2 aromatic heterocycles. The second-order valence-electron chi connectivity index (χ2n) is 8.44. The molecule has 1 aliphatic rings. The van der Waals surface area contributed by atoms with Crippen molar-refractivity contribution in [1.82, 2.24) is 29.5 Å². The summed E-state index contributed by atoms with van der Waals surface area (Å²) in [5.74, 6) is 1.07. The van der Waals surface area contributed by atoms with Gasteiger partial charge < -0.3 is 14.4 Å². The van der Waals surface area contributed by atoms with Crippen molar-refractivity contribution in [2.75, 3.05) is 20.1 Å². The lowest BCUT2D eigenvalue weighted by Crippen LogP contribution is -2.40. The van der Waals surface area contributed by atoms with Gasteiger partial charge in [0.1, 0.15) is 5.82 Å². The smallest absolute Gasteiger partial charge is 0.257 e. The van der Waals surface area contributed by atoms with Gasteiger partial charge in [-0.3, -0.25) is 14.7 Å². The predicted octanol–water partition coefficient (Wildman–Crippen LogP) is 2.98. The summed E-state index contributed by atoms with van der Waals surface area (Å²) in [5, 5.41) is 7.22. The minimum atomic E-state index is -0.0587. The molecule has 1 saturated heterocycles. The van der Waals surface area contributed by atoms with E-state index in [1.54, 1.807) is 24.3 Å². The summed E-state index contributed by atoms with van der Waals surface area (Å²) in [6, 6.07) is 9.93. The molecule has 1 N–H and O–H groups in total. The molecule has 0 saturated carbocycles. The van der Waals surface area contributed by atoms with Crippen LogP contribution in [0, 0.1) is 6.92 Å². The maximum Gasteiger partial charge on any atom is 0.257 e. The first-order valence-electron chi connectivity index (χ1n) is 11.1. The fraction of sp³-hybridized carbons (Fsp3) is 0.417. The Morgan fingerprint density at radius 2 is 2.06 bits per heavy atom. The van der Waals surface area contributed by atoms with E-state index in [0.29, 0.717) is 31.6 Å². The maximum absolute atomic E-state index is 13.1. The largest absolute Gasteiger partial charge is 0.342 e. The van der Waals surface area contributed by atoms with Gasteiger partial charge in [0.05, 0.1) is 17.5 Å². The number of hydrogen-bond acceptors (Lipinski definition) is 4. The average Bonchev–Trinajstić information content (AvgIpc) is 3.46. The number of aromatic amines is 1. The molecule has 1 fully saturated rings. The van der Waals surface area contributed by atoms with E-state index >= 15 is 0 Å². The number of carbonyl (C=O) groups excluding carboxylic acids is 2. The standard InChI is InChI=1S/C24H30N6O2/c1-18-25-11-14-29(18)13-10-22(31)30-12-6-9-20(17-30)23-21(15-26-27-23)24(32)28(2)16-19-7-4-3-5-8-19/h3-5,7-8,11,14-15,20H,6,9-10,12-13,16-17H2,1-2H3,(H,26,27)/t20-/m0/s1. The highest BCUT2D eigenvalue weighted by atomic mass is 16.2. The number of aromatic nitrogens is 4.